The van der Waals surface area contributed by atoms with Crippen LogP contribution in [0, 0.1) is 5.82 Å². The summed E-state index contributed by atoms with van der Waals surface area (Å²) in [5, 5.41) is 8.50. The van der Waals surface area contributed by atoms with Crippen molar-refractivity contribution in [1.29, 1.82) is 0 Å². The Morgan fingerprint density at radius 2 is 1.80 bits per heavy atom. The van der Waals surface area contributed by atoms with Gasteiger partial charge >= 0.3 is 18.2 Å². The molecule has 0 fully saturated rings. The molecule has 180 valence electrons. The molecule has 0 unspecified atom stereocenters. The highest BCUT2D eigenvalue weighted by atomic mass is 19.4. The molecule has 2 amide bonds. The SMILES string of the molecule is COC(=O)c1cn2ncnc(N)c2c1-c1ccc(NC(=O)Nc2cc(C(F)(F)F)ccc2F)cc1. The highest BCUT2D eigenvalue weighted by molar-refractivity contribution is 6.05. The lowest BCUT2D eigenvalue weighted by Crippen LogP contribution is -2.20. The van der Waals surface area contributed by atoms with Gasteiger partial charge < -0.3 is 21.1 Å². The zero-order valence-electron chi connectivity index (χ0n) is 17.9. The van der Waals surface area contributed by atoms with E-state index >= 15 is 0 Å². The van der Waals surface area contributed by atoms with Crippen molar-refractivity contribution in [3.8, 4) is 11.1 Å². The summed E-state index contributed by atoms with van der Waals surface area (Å²) in [4.78, 5) is 28.5. The highest BCUT2D eigenvalue weighted by Gasteiger charge is 2.31. The summed E-state index contributed by atoms with van der Waals surface area (Å²) in [7, 11) is 1.22. The Hall–Kier alpha value is -4.68. The summed E-state index contributed by atoms with van der Waals surface area (Å²) in [5.41, 5.74) is 5.94. The van der Waals surface area contributed by atoms with Gasteiger partial charge in [-0.15, -0.1) is 0 Å². The molecular weight excluding hydrogens is 472 g/mol. The number of alkyl halides is 3. The van der Waals surface area contributed by atoms with Gasteiger partial charge in [0.25, 0.3) is 0 Å². The number of rotatable bonds is 4. The number of nitrogens with two attached hydrogens (primary N) is 1. The second kappa shape index (κ2) is 8.93. The number of urea groups is 1. The number of carbonyl (C=O) groups is 2. The number of fused-ring (bicyclic) bond motifs is 1. The number of nitrogen functional groups attached to an aromatic ring is 1. The molecule has 4 aromatic rings. The van der Waals surface area contributed by atoms with Gasteiger partial charge in [0.15, 0.2) is 5.82 Å². The van der Waals surface area contributed by atoms with Crippen LogP contribution in [0.15, 0.2) is 55.0 Å². The lowest BCUT2D eigenvalue weighted by Gasteiger charge is -2.12. The maximum atomic E-state index is 13.9. The Bertz CT molecular complexity index is 1430. The summed E-state index contributed by atoms with van der Waals surface area (Å²) in [6.07, 6.45) is -2.03. The molecule has 4 rings (SSSR count). The Balaban J connectivity index is 1.59. The monoisotopic (exact) mass is 488 g/mol. The van der Waals surface area contributed by atoms with Crippen LogP contribution in [-0.4, -0.2) is 33.7 Å². The molecule has 0 bridgehead atoms. The van der Waals surface area contributed by atoms with E-state index in [1.54, 1.807) is 12.1 Å². The first-order chi connectivity index (χ1) is 16.6. The first-order valence-corrected chi connectivity index (χ1v) is 9.84. The van der Waals surface area contributed by atoms with E-state index in [9.17, 15) is 27.2 Å². The van der Waals surface area contributed by atoms with Crippen LogP contribution in [0.25, 0.3) is 16.6 Å². The molecule has 0 atom stereocenters. The van der Waals surface area contributed by atoms with Crippen LogP contribution >= 0.6 is 0 Å². The van der Waals surface area contributed by atoms with Gasteiger partial charge in [0, 0.05) is 17.4 Å². The fourth-order valence-electron chi connectivity index (χ4n) is 3.39. The average Bonchev–Trinajstić information content (AvgIpc) is 3.21. The molecule has 0 spiro atoms. The Morgan fingerprint density at radius 1 is 1.09 bits per heavy atom. The first-order valence-electron chi connectivity index (χ1n) is 9.84. The van der Waals surface area contributed by atoms with Crippen molar-refractivity contribution in [3.63, 3.8) is 0 Å². The fraction of sp³-hybridized carbons (Fsp3) is 0.0909. The third-order valence-electron chi connectivity index (χ3n) is 4.98. The van der Waals surface area contributed by atoms with Crippen molar-refractivity contribution in [2.24, 2.45) is 0 Å². The van der Waals surface area contributed by atoms with Crippen LogP contribution in [0.1, 0.15) is 15.9 Å². The Kier molecular flexibility index (Phi) is 5.99. The summed E-state index contributed by atoms with van der Waals surface area (Å²) in [6.45, 7) is 0. The molecule has 0 saturated carbocycles. The predicted octanol–water partition coefficient (Wildman–Crippen LogP) is 4.57. The third kappa shape index (κ3) is 4.69. The maximum absolute atomic E-state index is 13.9. The number of nitrogens with one attached hydrogen (secondary N) is 2. The number of aromatic nitrogens is 3. The van der Waals surface area contributed by atoms with E-state index in [0.717, 1.165) is 0 Å². The predicted molar refractivity (Wildman–Crippen MR) is 118 cm³/mol. The molecule has 0 radical (unpaired) electrons. The summed E-state index contributed by atoms with van der Waals surface area (Å²) < 4.78 is 58.7. The molecule has 0 saturated heterocycles. The molecule has 35 heavy (non-hydrogen) atoms. The van der Waals surface area contributed by atoms with Gasteiger partial charge in [0.1, 0.15) is 17.7 Å². The topological polar surface area (TPSA) is 124 Å². The molecule has 13 heteroatoms. The molecule has 2 aromatic carbocycles. The third-order valence-corrected chi connectivity index (χ3v) is 4.98. The van der Waals surface area contributed by atoms with Crippen LogP contribution in [0.5, 0.6) is 0 Å². The highest BCUT2D eigenvalue weighted by Crippen LogP contribution is 2.34. The van der Waals surface area contributed by atoms with Gasteiger partial charge in [-0.2, -0.15) is 18.3 Å². The number of nitrogens with zero attached hydrogens (tertiary/aromatic N) is 3. The van der Waals surface area contributed by atoms with Crippen molar-refractivity contribution in [3.05, 3.63) is 71.9 Å². The van der Waals surface area contributed by atoms with E-state index < -0.39 is 35.2 Å². The number of methoxy groups -OCH3 is 1. The molecule has 2 heterocycles. The summed E-state index contributed by atoms with van der Waals surface area (Å²) >= 11 is 0. The number of benzene rings is 2. The van der Waals surface area contributed by atoms with E-state index in [4.69, 9.17) is 10.5 Å². The first kappa shape index (κ1) is 23.5. The zero-order valence-corrected chi connectivity index (χ0v) is 17.9. The van der Waals surface area contributed by atoms with Gasteiger partial charge in [-0.1, -0.05) is 12.1 Å². The van der Waals surface area contributed by atoms with E-state index in [2.05, 4.69) is 20.7 Å². The van der Waals surface area contributed by atoms with Crippen molar-refractivity contribution in [2.75, 3.05) is 23.5 Å². The van der Waals surface area contributed by atoms with Crippen molar-refractivity contribution >= 4 is 34.7 Å². The second-order valence-corrected chi connectivity index (χ2v) is 7.20. The lowest BCUT2D eigenvalue weighted by molar-refractivity contribution is -0.137. The fourth-order valence-corrected chi connectivity index (χ4v) is 3.39. The van der Waals surface area contributed by atoms with Gasteiger partial charge in [-0.3, -0.25) is 0 Å². The minimum atomic E-state index is -4.70. The van der Waals surface area contributed by atoms with E-state index in [-0.39, 0.29) is 17.1 Å². The number of carbonyl (C=O) groups excluding carboxylic acids is 2. The number of ether oxygens (including phenoxy) is 1. The van der Waals surface area contributed by atoms with E-state index in [1.807, 2.05) is 0 Å². The molecule has 0 aliphatic rings. The number of esters is 1. The van der Waals surface area contributed by atoms with Crippen LogP contribution in [0.2, 0.25) is 0 Å². The van der Waals surface area contributed by atoms with Gasteiger partial charge in [0.2, 0.25) is 0 Å². The molecule has 2 aromatic heterocycles. The smallest absolute Gasteiger partial charge is 0.416 e. The molecule has 4 N–H and O–H groups in total. The van der Waals surface area contributed by atoms with E-state index in [1.165, 1.54) is 36.3 Å². The van der Waals surface area contributed by atoms with E-state index in [0.29, 0.717) is 34.8 Å². The van der Waals surface area contributed by atoms with Crippen molar-refractivity contribution in [2.45, 2.75) is 6.18 Å². The standard InChI is InChI=1S/C22H16F4N6O3/c1-35-20(33)14-9-32-18(19(27)28-10-29-32)17(14)11-2-5-13(6-3-11)30-21(34)31-16-8-12(22(24,25)26)4-7-15(16)23/h2-10H,1H3,(H2,27,28,29)(H2,30,31,34). The summed E-state index contributed by atoms with van der Waals surface area (Å²) in [5.74, 6) is -1.54. The van der Waals surface area contributed by atoms with Crippen molar-refractivity contribution in [1.82, 2.24) is 14.6 Å². The molecule has 9 nitrogen and oxygen atoms in total. The average molecular weight is 488 g/mol. The Morgan fingerprint density at radius 3 is 2.46 bits per heavy atom. The van der Waals surface area contributed by atoms with Gasteiger partial charge in [-0.05, 0) is 35.9 Å². The minimum absolute atomic E-state index is 0.120. The number of hydrogen-bond donors (Lipinski definition) is 3. The van der Waals surface area contributed by atoms with Crippen molar-refractivity contribution < 1.29 is 31.9 Å². The molecule has 0 aliphatic heterocycles. The number of halogens is 4. The largest absolute Gasteiger partial charge is 0.465 e. The summed E-state index contributed by atoms with van der Waals surface area (Å²) in [6, 6.07) is 6.80. The normalized spacial score (nSPS) is 11.3. The van der Waals surface area contributed by atoms with Crippen LogP contribution < -0.4 is 16.4 Å². The minimum Gasteiger partial charge on any atom is -0.465 e. The number of amides is 2. The van der Waals surface area contributed by atoms with Crippen LogP contribution in [-0.2, 0) is 10.9 Å². The zero-order chi connectivity index (χ0) is 25.3. The molecule has 0 aliphatic carbocycles. The van der Waals surface area contributed by atoms with Crippen LogP contribution in [0.3, 0.4) is 0 Å². The molecular formula is C22H16F4N6O3. The van der Waals surface area contributed by atoms with Crippen LogP contribution in [0.4, 0.5) is 39.5 Å². The maximum Gasteiger partial charge on any atom is 0.416 e. The van der Waals surface area contributed by atoms with Gasteiger partial charge in [-0.25, -0.2) is 23.5 Å². The lowest BCUT2D eigenvalue weighted by atomic mass is 10.0. The number of anilines is 3. The van der Waals surface area contributed by atoms with Gasteiger partial charge in [0.05, 0.1) is 23.9 Å². The number of hydrogen-bond acceptors (Lipinski definition) is 6. The second-order valence-electron chi connectivity index (χ2n) is 7.20. The quantitative estimate of drug-likeness (QED) is 0.286. The Labute approximate surface area is 194 Å².